The van der Waals surface area contributed by atoms with E-state index in [4.69, 9.17) is 9.47 Å². The molecule has 0 fully saturated rings. The Morgan fingerprint density at radius 2 is 1.73 bits per heavy atom. The number of hydrogen-bond donors (Lipinski definition) is 3. The molecule has 3 N–H and O–H groups in total. The summed E-state index contributed by atoms with van der Waals surface area (Å²) < 4.78 is 10.8. The molecule has 0 aromatic heterocycles. The average Bonchev–Trinajstić information content (AvgIpc) is 2.81. The van der Waals surface area contributed by atoms with Gasteiger partial charge in [-0.2, -0.15) is 0 Å². The Morgan fingerprint density at radius 1 is 1.00 bits per heavy atom. The fourth-order valence-electron chi connectivity index (χ4n) is 3.15. The first kappa shape index (κ1) is 28.5. The molecule has 2 aromatic carbocycles. The molecule has 0 heterocycles. The van der Waals surface area contributed by atoms with Crippen LogP contribution in [0.5, 0.6) is 11.5 Å². The van der Waals surface area contributed by atoms with E-state index in [1.165, 1.54) is 5.56 Å². The Balaban J connectivity index is 0.00000544. The molecule has 0 spiro atoms. The Hall–Kier alpha value is -2.49. The number of hydrogen-bond acceptors (Lipinski definition) is 4. The molecule has 2 rings (SSSR count). The predicted octanol–water partition coefficient (Wildman–Crippen LogP) is 4.08. The number of nitrogens with one attached hydrogen (secondary N) is 3. The molecular formula is C25H37IN4O3. The molecule has 0 saturated carbocycles. The second-order valence-electron chi connectivity index (χ2n) is 7.47. The van der Waals surface area contributed by atoms with Gasteiger partial charge in [0.05, 0.1) is 13.7 Å². The van der Waals surface area contributed by atoms with Crippen molar-refractivity contribution in [1.82, 2.24) is 16.0 Å². The van der Waals surface area contributed by atoms with Crippen LogP contribution in [0.4, 0.5) is 0 Å². The van der Waals surface area contributed by atoms with E-state index in [1.54, 1.807) is 7.11 Å². The molecule has 1 amide bonds. The van der Waals surface area contributed by atoms with Gasteiger partial charge in [0, 0.05) is 19.6 Å². The zero-order chi connectivity index (χ0) is 23.2. The average molecular weight is 569 g/mol. The summed E-state index contributed by atoms with van der Waals surface area (Å²) >= 11 is 0. The van der Waals surface area contributed by atoms with Crippen molar-refractivity contribution in [2.24, 2.45) is 4.99 Å². The van der Waals surface area contributed by atoms with Crippen LogP contribution < -0.4 is 25.4 Å². The summed E-state index contributed by atoms with van der Waals surface area (Å²) in [6, 6.07) is 15.9. The quantitative estimate of drug-likeness (QED) is 0.204. The number of halogens is 1. The van der Waals surface area contributed by atoms with Crippen molar-refractivity contribution in [3.8, 4) is 11.5 Å². The van der Waals surface area contributed by atoms with Crippen LogP contribution in [0, 0.1) is 0 Å². The largest absolute Gasteiger partial charge is 0.497 e. The minimum atomic E-state index is -0.126. The molecule has 0 bridgehead atoms. The minimum absolute atomic E-state index is 0. The van der Waals surface area contributed by atoms with Gasteiger partial charge < -0.3 is 25.4 Å². The van der Waals surface area contributed by atoms with Gasteiger partial charge in [-0.05, 0) is 61.6 Å². The summed E-state index contributed by atoms with van der Waals surface area (Å²) in [5.74, 6) is 2.62. The van der Waals surface area contributed by atoms with Crippen molar-refractivity contribution < 1.29 is 14.3 Å². The molecule has 0 aliphatic rings. The third kappa shape index (κ3) is 10.8. The number of carbonyl (C=O) groups is 1. The molecule has 1 atom stereocenters. The lowest BCUT2D eigenvalue weighted by Gasteiger charge is -2.15. The number of aliphatic imine (C=N–C) groups is 1. The molecule has 7 nitrogen and oxygen atoms in total. The van der Waals surface area contributed by atoms with Gasteiger partial charge in [-0.1, -0.05) is 31.2 Å². The number of likely N-dealkylation sites (N-methyl/N-ethyl adjacent to an activating group) is 1. The summed E-state index contributed by atoms with van der Waals surface area (Å²) in [7, 11) is 1.68. The summed E-state index contributed by atoms with van der Waals surface area (Å²) in [5.41, 5.74) is 2.31. The van der Waals surface area contributed by atoms with E-state index in [2.05, 4.69) is 40.0 Å². The molecule has 0 aliphatic heterocycles. The highest BCUT2D eigenvalue weighted by molar-refractivity contribution is 14.0. The van der Waals surface area contributed by atoms with Crippen LogP contribution in [-0.4, -0.2) is 45.2 Å². The summed E-state index contributed by atoms with van der Waals surface area (Å²) in [6.45, 7) is 8.87. The highest BCUT2D eigenvalue weighted by Crippen LogP contribution is 2.21. The van der Waals surface area contributed by atoms with E-state index < -0.39 is 0 Å². The van der Waals surface area contributed by atoms with Crippen molar-refractivity contribution >= 4 is 35.8 Å². The Bertz CT molecular complexity index is 859. The topological polar surface area (TPSA) is 84.0 Å². The molecule has 2 aromatic rings. The van der Waals surface area contributed by atoms with Gasteiger partial charge in [0.15, 0.2) is 12.6 Å². The fourth-order valence-corrected chi connectivity index (χ4v) is 3.15. The number of carbonyl (C=O) groups excluding carboxylic acids is 1. The van der Waals surface area contributed by atoms with E-state index in [1.807, 2.05) is 50.2 Å². The summed E-state index contributed by atoms with van der Waals surface area (Å²) in [4.78, 5) is 16.3. The van der Waals surface area contributed by atoms with E-state index in [0.717, 1.165) is 36.8 Å². The van der Waals surface area contributed by atoms with Crippen molar-refractivity contribution in [2.75, 3.05) is 33.4 Å². The van der Waals surface area contributed by atoms with Crippen LogP contribution in [0.2, 0.25) is 0 Å². The Kier molecular flexibility index (Phi) is 14.0. The smallest absolute Gasteiger partial charge is 0.257 e. The minimum Gasteiger partial charge on any atom is -0.497 e. The highest BCUT2D eigenvalue weighted by Gasteiger charge is 2.07. The normalized spacial score (nSPS) is 11.7. The molecule has 33 heavy (non-hydrogen) atoms. The van der Waals surface area contributed by atoms with Gasteiger partial charge in [0.25, 0.3) is 5.91 Å². The highest BCUT2D eigenvalue weighted by atomic mass is 127. The van der Waals surface area contributed by atoms with Crippen molar-refractivity contribution in [3.05, 3.63) is 59.7 Å². The van der Waals surface area contributed by atoms with Gasteiger partial charge in [-0.3, -0.25) is 4.79 Å². The van der Waals surface area contributed by atoms with Crippen molar-refractivity contribution in [3.63, 3.8) is 0 Å². The lowest BCUT2D eigenvalue weighted by atomic mass is 9.98. The molecule has 0 radical (unpaired) electrons. The lowest BCUT2D eigenvalue weighted by molar-refractivity contribution is -0.122. The van der Waals surface area contributed by atoms with Crippen molar-refractivity contribution in [1.29, 1.82) is 0 Å². The Morgan fingerprint density at radius 3 is 2.39 bits per heavy atom. The molecule has 182 valence electrons. The van der Waals surface area contributed by atoms with E-state index in [9.17, 15) is 4.79 Å². The van der Waals surface area contributed by atoms with E-state index >= 15 is 0 Å². The maximum Gasteiger partial charge on any atom is 0.257 e. The van der Waals surface area contributed by atoms with Gasteiger partial charge in [-0.15, -0.1) is 24.0 Å². The van der Waals surface area contributed by atoms with Crippen LogP contribution in [0.1, 0.15) is 44.2 Å². The number of guanidine groups is 1. The zero-order valence-electron chi connectivity index (χ0n) is 20.0. The van der Waals surface area contributed by atoms with Crippen LogP contribution in [0.15, 0.2) is 53.5 Å². The van der Waals surface area contributed by atoms with Crippen molar-refractivity contribution in [2.45, 2.75) is 39.7 Å². The fraction of sp³-hybridized carbons (Fsp3) is 0.440. The molecule has 0 aliphatic carbocycles. The number of amides is 1. The first-order valence-electron chi connectivity index (χ1n) is 11.2. The second-order valence-corrected chi connectivity index (χ2v) is 7.47. The second kappa shape index (κ2) is 16.2. The number of rotatable bonds is 12. The number of benzene rings is 2. The molecule has 1 unspecified atom stereocenters. The van der Waals surface area contributed by atoms with Crippen LogP contribution in [0.3, 0.4) is 0 Å². The first-order chi connectivity index (χ1) is 15.5. The SMILES string of the molecule is CCNC(=O)COc1cccc(CN=C(NCC)NCCC(C)c2ccc(OC)cc2)c1.I. The summed E-state index contributed by atoms with van der Waals surface area (Å²) in [6.07, 6.45) is 0.986. The van der Waals surface area contributed by atoms with E-state index in [0.29, 0.717) is 24.8 Å². The molecular weight excluding hydrogens is 531 g/mol. The van der Waals surface area contributed by atoms with Gasteiger partial charge in [-0.25, -0.2) is 4.99 Å². The predicted molar refractivity (Wildman–Crippen MR) is 145 cm³/mol. The number of ether oxygens (including phenoxy) is 2. The third-order valence-corrected chi connectivity index (χ3v) is 4.96. The number of methoxy groups -OCH3 is 1. The third-order valence-electron chi connectivity index (χ3n) is 4.96. The first-order valence-corrected chi connectivity index (χ1v) is 11.2. The molecule has 8 heteroatoms. The van der Waals surface area contributed by atoms with E-state index in [-0.39, 0.29) is 36.5 Å². The molecule has 0 saturated heterocycles. The zero-order valence-corrected chi connectivity index (χ0v) is 22.3. The van der Waals surface area contributed by atoms with Gasteiger partial charge >= 0.3 is 0 Å². The van der Waals surface area contributed by atoms with Crippen LogP contribution in [-0.2, 0) is 11.3 Å². The van der Waals surface area contributed by atoms with Gasteiger partial charge in [0.1, 0.15) is 11.5 Å². The summed E-state index contributed by atoms with van der Waals surface area (Å²) in [5, 5.41) is 9.42. The standard InChI is InChI=1S/C25H36N4O3.HI/c1-5-26-24(30)18-32-23-9-7-8-20(16-23)17-29-25(27-6-2)28-15-14-19(3)21-10-12-22(31-4)13-11-21;/h7-13,16,19H,5-6,14-15,17-18H2,1-4H3,(H,26,30)(H2,27,28,29);1H. The van der Waals surface area contributed by atoms with Gasteiger partial charge in [0.2, 0.25) is 0 Å². The lowest BCUT2D eigenvalue weighted by Crippen LogP contribution is -2.38. The number of nitrogens with zero attached hydrogens (tertiary/aromatic N) is 1. The van der Waals surface area contributed by atoms with Crippen LogP contribution >= 0.6 is 24.0 Å². The maximum absolute atomic E-state index is 11.6. The Labute approximate surface area is 214 Å². The van der Waals surface area contributed by atoms with Crippen LogP contribution in [0.25, 0.3) is 0 Å². The maximum atomic E-state index is 11.6. The monoisotopic (exact) mass is 568 g/mol.